The molecule has 1 aromatic rings. The minimum absolute atomic E-state index is 0.136. The van der Waals surface area contributed by atoms with Crippen LogP contribution in [-0.2, 0) is 16.6 Å². The Morgan fingerprint density at radius 1 is 1.65 bits per heavy atom. The van der Waals surface area contributed by atoms with Crippen LogP contribution in [0.5, 0.6) is 0 Å². The molecule has 1 unspecified atom stereocenters. The van der Waals surface area contributed by atoms with Gasteiger partial charge in [0.15, 0.2) is 0 Å². The monoisotopic (exact) mass is 242 g/mol. The zero-order valence-electron chi connectivity index (χ0n) is 10.1. The summed E-state index contributed by atoms with van der Waals surface area (Å²) in [7, 11) is 2.82. The first-order valence-electron chi connectivity index (χ1n) is 4.90. The van der Waals surface area contributed by atoms with Gasteiger partial charge in [-0.1, -0.05) is 0 Å². The van der Waals surface area contributed by atoms with Crippen molar-refractivity contribution < 1.29 is 14.5 Å². The van der Waals surface area contributed by atoms with Gasteiger partial charge in [0.1, 0.15) is 11.7 Å². The van der Waals surface area contributed by atoms with Crippen LogP contribution in [0.15, 0.2) is 0 Å². The lowest BCUT2D eigenvalue weighted by molar-refractivity contribution is -0.384. The van der Waals surface area contributed by atoms with E-state index < -0.39 is 16.9 Å². The average molecular weight is 242 g/mol. The quantitative estimate of drug-likeness (QED) is 0.471. The molecule has 1 aromatic heterocycles. The Kier molecular flexibility index (Phi) is 3.66. The van der Waals surface area contributed by atoms with Gasteiger partial charge in [0, 0.05) is 7.05 Å². The summed E-state index contributed by atoms with van der Waals surface area (Å²) in [6.07, 6.45) is 0. The number of aromatic nitrogens is 2. The van der Waals surface area contributed by atoms with Crippen molar-refractivity contribution in [3.8, 4) is 0 Å². The van der Waals surface area contributed by atoms with Gasteiger partial charge in [0.2, 0.25) is 5.82 Å². The number of anilines is 1. The third-order valence-electron chi connectivity index (χ3n) is 2.28. The number of aryl methyl sites for hydroxylation is 2. The second-order valence-electron chi connectivity index (χ2n) is 3.55. The highest BCUT2D eigenvalue weighted by Crippen LogP contribution is 2.27. The van der Waals surface area contributed by atoms with E-state index in [0.29, 0.717) is 0 Å². The fourth-order valence-corrected chi connectivity index (χ4v) is 1.47. The molecule has 0 aliphatic heterocycles. The largest absolute Gasteiger partial charge is 0.467 e. The molecule has 94 valence electrons. The molecule has 0 aromatic carbocycles. The molecule has 0 bridgehead atoms. The Balaban J connectivity index is 3.06. The van der Waals surface area contributed by atoms with Gasteiger partial charge in [-0.3, -0.25) is 10.1 Å². The molecule has 8 heteroatoms. The van der Waals surface area contributed by atoms with E-state index in [1.165, 1.54) is 18.7 Å². The Bertz CT molecular complexity index is 454. The Labute approximate surface area is 97.7 Å². The summed E-state index contributed by atoms with van der Waals surface area (Å²) in [6, 6.07) is -0.687. The van der Waals surface area contributed by atoms with Crippen LogP contribution in [0.1, 0.15) is 12.6 Å². The number of hydrogen-bond acceptors (Lipinski definition) is 6. The van der Waals surface area contributed by atoms with Crippen molar-refractivity contribution in [2.24, 2.45) is 7.05 Å². The van der Waals surface area contributed by atoms with Gasteiger partial charge in [0.05, 0.1) is 12.0 Å². The fraction of sp³-hybridized carbons (Fsp3) is 0.556. The van der Waals surface area contributed by atoms with E-state index in [1.807, 2.05) is 0 Å². The zero-order valence-corrected chi connectivity index (χ0v) is 10.1. The van der Waals surface area contributed by atoms with Gasteiger partial charge in [0.25, 0.3) is 0 Å². The van der Waals surface area contributed by atoms with Gasteiger partial charge >= 0.3 is 11.7 Å². The van der Waals surface area contributed by atoms with Crippen molar-refractivity contribution in [2.45, 2.75) is 19.9 Å². The number of nitrogens with one attached hydrogen (secondary N) is 1. The normalized spacial score (nSPS) is 12.0. The van der Waals surface area contributed by atoms with Crippen LogP contribution in [0.4, 0.5) is 11.5 Å². The number of esters is 1. The second kappa shape index (κ2) is 4.81. The number of nitrogens with zero attached hydrogens (tertiary/aromatic N) is 3. The number of carbonyl (C=O) groups is 1. The molecule has 0 saturated carbocycles. The van der Waals surface area contributed by atoms with E-state index in [0.717, 1.165) is 0 Å². The van der Waals surface area contributed by atoms with Gasteiger partial charge < -0.3 is 10.1 Å². The maximum atomic E-state index is 11.2. The number of carbonyl (C=O) groups excluding carboxylic acids is 1. The van der Waals surface area contributed by atoms with Crippen LogP contribution < -0.4 is 5.32 Å². The van der Waals surface area contributed by atoms with Gasteiger partial charge in [-0.25, -0.2) is 9.48 Å². The summed E-state index contributed by atoms with van der Waals surface area (Å²) in [5, 5.41) is 17.5. The van der Waals surface area contributed by atoms with E-state index in [-0.39, 0.29) is 17.2 Å². The maximum absolute atomic E-state index is 11.2. The third kappa shape index (κ3) is 2.52. The summed E-state index contributed by atoms with van der Waals surface area (Å²) in [4.78, 5) is 21.6. The molecule has 0 radical (unpaired) electrons. The highest BCUT2D eigenvalue weighted by atomic mass is 16.6. The van der Waals surface area contributed by atoms with Gasteiger partial charge in [-0.15, -0.1) is 0 Å². The summed E-state index contributed by atoms with van der Waals surface area (Å²) in [5.41, 5.74) is 0.153. The van der Waals surface area contributed by atoms with E-state index in [2.05, 4.69) is 15.2 Å². The van der Waals surface area contributed by atoms with Crippen LogP contribution in [0.3, 0.4) is 0 Å². The second-order valence-corrected chi connectivity index (χ2v) is 3.55. The molecule has 0 aliphatic rings. The number of nitro groups is 1. The molecule has 1 atom stereocenters. The first kappa shape index (κ1) is 12.9. The summed E-state index contributed by atoms with van der Waals surface area (Å²) in [6.45, 7) is 3.09. The van der Waals surface area contributed by atoms with Crippen molar-refractivity contribution in [2.75, 3.05) is 12.4 Å². The van der Waals surface area contributed by atoms with Crippen LogP contribution in [-0.4, -0.2) is 33.8 Å². The zero-order chi connectivity index (χ0) is 13.2. The molecule has 8 nitrogen and oxygen atoms in total. The lowest BCUT2D eigenvalue weighted by Crippen LogP contribution is -2.28. The van der Waals surface area contributed by atoms with Crippen molar-refractivity contribution in [1.82, 2.24) is 9.78 Å². The van der Waals surface area contributed by atoms with E-state index in [1.54, 1.807) is 14.0 Å². The number of ether oxygens (including phenoxy) is 1. The van der Waals surface area contributed by atoms with E-state index in [9.17, 15) is 14.9 Å². The molecule has 17 heavy (non-hydrogen) atoms. The molecule has 0 fully saturated rings. The smallest absolute Gasteiger partial charge is 0.333 e. The first-order chi connectivity index (χ1) is 7.88. The highest BCUT2D eigenvalue weighted by Gasteiger charge is 2.26. The predicted octanol–water partition coefficient (Wildman–Crippen LogP) is 0.610. The van der Waals surface area contributed by atoms with Crippen LogP contribution in [0.25, 0.3) is 0 Å². The van der Waals surface area contributed by atoms with Crippen molar-refractivity contribution in [1.29, 1.82) is 0 Å². The minimum Gasteiger partial charge on any atom is -0.467 e. The molecular formula is C9H14N4O4. The fourth-order valence-electron chi connectivity index (χ4n) is 1.47. The van der Waals surface area contributed by atoms with Crippen molar-refractivity contribution in [3.05, 3.63) is 15.8 Å². The molecule has 0 spiro atoms. The van der Waals surface area contributed by atoms with Crippen molar-refractivity contribution in [3.63, 3.8) is 0 Å². The molecule has 0 aliphatic carbocycles. The molecule has 1 rings (SSSR count). The minimum atomic E-state index is -0.687. The molecule has 0 amide bonds. The molecule has 1 heterocycles. The lowest BCUT2D eigenvalue weighted by Gasteiger charge is -2.11. The number of rotatable bonds is 4. The molecule has 1 N–H and O–H groups in total. The van der Waals surface area contributed by atoms with Gasteiger partial charge in [-0.2, -0.15) is 5.10 Å². The van der Waals surface area contributed by atoms with Gasteiger partial charge in [-0.05, 0) is 13.8 Å². The van der Waals surface area contributed by atoms with E-state index in [4.69, 9.17) is 0 Å². The number of hydrogen-bond donors (Lipinski definition) is 1. The Hall–Kier alpha value is -2.12. The predicted molar refractivity (Wildman–Crippen MR) is 59.7 cm³/mol. The SMILES string of the molecule is COC(=O)C(C)Nc1c([N+](=O)[O-])c(C)nn1C. The summed E-state index contributed by atoms with van der Waals surface area (Å²) < 4.78 is 5.86. The van der Waals surface area contributed by atoms with E-state index >= 15 is 0 Å². The highest BCUT2D eigenvalue weighted by molar-refractivity contribution is 5.79. The van der Waals surface area contributed by atoms with Crippen LogP contribution in [0.2, 0.25) is 0 Å². The third-order valence-corrected chi connectivity index (χ3v) is 2.28. The Morgan fingerprint density at radius 2 is 2.24 bits per heavy atom. The van der Waals surface area contributed by atoms with Crippen molar-refractivity contribution >= 4 is 17.5 Å². The summed E-state index contributed by atoms with van der Waals surface area (Å²) >= 11 is 0. The standard InChI is InChI=1S/C9H14N4O4/c1-5-7(13(15)16)8(12(3)11-5)10-6(2)9(14)17-4/h6,10H,1-4H3. The molecule has 0 saturated heterocycles. The summed E-state index contributed by atoms with van der Waals surface area (Å²) in [5.74, 6) is -0.316. The molecular weight excluding hydrogens is 228 g/mol. The Morgan fingerprint density at radius 3 is 2.71 bits per heavy atom. The van der Waals surface area contributed by atoms with Crippen LogP contribution >= 0.6 is 0 Å². The maximum Gasteiger partial charge on any atom is 0.333 e. The number of methoxy groups -OCH3 is 1. The average Bonchev–Trinajstić information content (AvgIpc) is 2.52. The topological polar surface area (TPSA) is 99.3 Å². The first-order valence-corrected chi connectivity index (χ1v) is 4.90. The lowest BCUT2D eigenvalue weighted by atomic mass is 10.3. The van der Waals surface area contributed by atoms with Crippen LogP contribution in [0, 0.1) is 17.0 Å².